The quantitative estimate of drug-likeness (QED) is 0.771. The van der Waals surface area contributed by atoms with Crippen molar-refractivity contribution in [3.8, 4) is 0 Å². The van der Waals surface area contributed by atoms with Crippen molar-refractivity contribution >= 4 is 5.91 Å². The number of nitrogens with zero attached hydrogens (tertiary/aromatic N) is 5. The van der Waals surface area contributed by atoms with E-state index in [1.165, 1.54) is 0 Å². The summed E-state index contributed by atoms with van der Waals surface area (Å²) < 4.78 is 4.93. The molecule has 1 aliphatic heterocycles. The largest absolute Gasteiger partial charge is 0.340 e. The first-order chi connectivity index (χ1) is 10.9. The lowest BCUT2D eigenvalue weighted by Crippen LogP contribution is -2.58. The number of carbonyl (C=O) groups is 1. The van der Waals surface area contributed by atoms with Crippen LogP contribution < -0.4 is 0 Å². The Balaban J connectivity index is 1.86. The second-order valence-corrected chi connectivity index (χ2v) is 6.80. The molecule has 0 N–H and O–H groups in total. The van der Waals surface area contributed by atoms with Crippen LogP contribution in [-0.2, 0) is 11.2 Å². The number of aryl methyl sites for hydroxylation is 1. The molecule has 0 saturated carbocycles. The van der Waals surface area contributed by atoms with E-state index in [4.69, 9.17) is 4.52 Å². The molecule has 2 rings (SSSR count). The number of rotatable bonds is 6. The van der Waals surface area contributed by atoms with Crippen LogP contribution in [0.5, 0.6) is 0 Å². The molecule has 1 amide bonds. The van der Waals surface area contributed by atoms with Crippen LogP contribution in [0.2, 0.25) is 0 Å². The summed E-state index contributed by atoms with van der Waals surface area (Å²) in [5, 5.41) is 3.81. The summed E-state index contributed by atoms with van der Waals surface area (Å²) in [5.74, 6) is 1.05. The summed E-state index contributed by atoms with van der Waals surface area (Å²) in [4.78, 5) is 23.2. The van der Waals surface area contributed by atoms with Crippen molar-refractivity contribution in [2.45, 2.75) is 45.7 Å². The van der Waals surface area contributed by atoms with Crippen LogP contribution in [-0.4, -0.2) is 83.1 Å². The van der Waals surface area contributed by atoms with Gasteiger partial charge in [0, 0.05) is 38.6 Å². The molecule has 2 heterocycles. The van der Waals surface area contributed by atoms with Crippen LogP contribution in [0.3, 0.4) is 0 Å². The SMILES string of the molecule is Cc1nc(CC(=O)N2CC(C)N(CCCN(C)C)C(C)C2)no1. The molecular weight excluding hydrogens is 294 g/mol. The molecule has 7 heteroatoms. The summed E-state index contributed by atoms with van der Waals surface area (Å²) in [6, 6.07) is 0.744. The van der Waals surface area contributed by atoms with E-state index in [0.717, 1.165) is 32.6 Å². The monoisotopic (exact) mass is 323 g/mol. The minimum absolute atomic E-state index is 0.0810. The standard InChI is InChI=1S/C16H29N5O2/c1-12-10-20(16(22)9-15-17-14(3)23-18-15)11-13(2)21(12)8-6-7-19(4)5/h12-13H,6-11H2,1-5H3. The lowest BCUT2D eigenvalue weighted by atomic mass is 10.1. The fourth-order valence-electron chi connectivity index (χ4n) is 3.23. The highest BCUT2D eigenvalue weighted by molar-refractivity contribution is 5.78. The summed E-state index contributed by atoms with van der Waals surface area (Å²) >= 11 is 0. The van der Waals surface area contributed by atoms with Crippen molar-refractivity contribution < 1.29 is 9.32 Å². The van der Waals surface area contributed by atoms with Gasteiger partial charge in [-0.2, -0.15) is 4.98 Å². The van der Waals surface area contributed by atoms with Crippen LogP contribution >= 0.6 is 0 Å². The highest BCUT2D eigenvalue weighted by Crippen LogP contribution is 2.17. The van der Waals surface area contributed by atoms with E-state index in [2.05, 4.69) is 47.9 Å². The van der Waals surface area contributed by atoms with Crippen molar-refractivity contribution in [3.05, 3.63) is 11.7 Å². The summed E-state index contributed by atoms with van der Waals surface area (Å²) in [6.07, 6.45) is 1.37. The molecule has 0 bridgehead atoms. The Morgan fingerprint density at radius 2 is 1.96 bits per heavy atom. The number of hydrogen-bond acceptors (Lipinski definition) is 6. The molecule has 0 spiro atoms. The zero-order valence-electron chi connectivity index (χ0n) is 14.9. The Labute approximate surface area is 138 Å². The number of aromatic nitrogens is 2. The predicted molar refractivity (Wildman–Crippen MR) is 88.1 cm³/mol. The second-order valence-electron chi connectivity index (χ2n) is 6.80. The van der Waals surface area contributed by atoms with Gasteiger partial charge < -0.3 is 14.3 Å². The first kappa shape index (κ1) is 17.9. The van der Waals surface area contributed by atoms with E-state index in [1.807, 2.05) is 4.90 Å². The van der Waals surface area contributed by atoms with Gasteiger partial charge in [0.25, 0.3) is 0 Å². The summed E-state index contributed by atoms with van der Waals surface area (Å²) in [6.45, 7) is 9.83. The van der Waals surface area contributed by atoms with Crippen molar-refractivity contribution in [2.24, 2.45) is 0 Å². The molecule has 1 fully saturated rings. The Bertz CT molecular complexity index is 504. The van der Waals surface area contributed by atoms with Gasteiger partial charge in [0.05, 0.1) is 6.42 Å². The van der Waals surface area contributed by atoms with Gasteiger partial charge >= 0.3 is 0 Å². The number of hydrogen-bond donors (Lipinski definition) is 0. The van der Waals surface area contributed by atoms with Crippen LogP contribution in [0.1, 0.15) is 32.0 Å². The third-order valence-corrected chi connectivity index (χ3v) is 4.35. The van der Waals surface area contributed by atoms with Gasteiger partial charge in [0.15, 0.2) is 5.82 Å². The maximum Gasteiger partial charge on any atom is 0.230 e. The molecule has 7 nitrogen and oxygen atoms in total. The van der Waals surface area contributed by atoms with E-state index in [1.54, 1.807) is 6.92 Å². The molecule has 130 valence electrons. The topological polar surface area (TPSA) is 65.7 Å². The van der Waals surface area contributed by atoms with E-state index in [0.29, 0.717) is 23.8 Å². The molecule has 1 aromatic heterocycles. The zero-order chi connectivity index (χ0) is 17.0. The molecule has 0 aromatic carbocycles. The highest BCUT2D eigenvalue weighted by atomic mass is 16.5. The van der Waals surface area contributed by atoms with Crippen LogP contribution in [0, 0.1) is 6.92 Å². The Hall–Kier alpha value is -1.47. The minimum atomic E-state index is 0.0810. The summed E-state index contributed by atoms with van der Waals surface area (Å²) in [5.41, 5.74) is 0. The first-order valence-corrected chi connectivity index (χ1v) is 8.34. The normalized spacial score (nSPS) is 22.8. The fourth-order valence-corrected chi connectivity index (χ4v) is 3.23. The van der Waals surface area contributed by atoms with Gasteiger partial charge in [0.1, 0.15) is 0 Å². The number of carbonyl (C=O) groups excluding carboxylic acids is 1. The van der Waals surface area contributed by atoms with Gasteiger partial charge in [-0.15, -0.1) is 0 Å². The van der Waals surface area contributed by atoms with Crippen LogP contribution in [0.4, 0.5) is 0 Å². The molecule has 1 saturated heterocycles. The second kappa shape index (κ2) is 7.88. The Morgan fingerprint density at radius 1 is 1.30 bits per heavy atom. The molecule has 1 aliphatic rings. The maximum absolute atomic E-state index is 12.5. The Kier molecular flexibility index (Phi) is 6.12. The van der Waals surface area contributed by atoms with Gasteiger partial charge in [-0.25, -0.2) is 0 Å². The molecular formula is C16H29N5O2. The van der Waals surface area contributed by atoms with Crippen molar-refractivity contribution in [1.82, 2.24) is 24.8 Å². The number of amides is 1. The van der Waals surface area contributed by atoms with E-state index >= 15 is 0 Å². The highest BCUT2D eigenvalue weighted by Gasteiger charge is 2.31. The average Bonchev–Trinajstić information content (AvgIpc) is 2.86. The van der Waals surface area contributed by atoms with Crippen LogP contribution in [0.15, 0.2) is 4.52 Å². The lowest BCUT2D eigenvalue weighted by molar-refractivity contribution is -0.135. The van der Waals surface area contributed by atoms with Gasteiger partial charge in [-0.05, 0) is 40.9 Å². The summed E-state index contributed by atoms with van der Waals surface area (Å²) in [7, 11) is 4.20. The molecule has 2 atom stereocenters. The van der Waals surface area contributed by atoms with Crippen molar-refractivity contribution in [1.29, 1.82) is 0 Å². The maximum atomic E-state index is 12.5. The predicted octanol–water partition coefficient (Wildman–Crippen LogP) is 0.793. The fraction of sp³-hybridized carbons (Fsp3) is 0.812. The Morgan fingerprint density at radius 3 is 2.48 bits per heavy atom. The third-order valence-electron chi connectivity index (χ3n) is 4.35. The first-order valence-electron chi connectivity index (χ1n) is 8.34. The molecule has 23 heavy (non-hydrogen) atoms. The van der Waals surface area contributed by atoms with E-state index < -0.39 is 0 Å². The molecule has 0 radical (unpaired) electrons. The van der Waals surface area contributed by atoms with E-state index in [-0.39, 0.29) is 12.3 Å². The minimum Gasteiger partial charge on any atom is -0.340 e. The van der Waals surface area contributed by atoms with Gasteiger partial charge in [0.2, 0.25) is 11.8 Å². The van der Waals surface area contributed by atoms with Gasteiger partial charge in [-0.1, -0.05) is 5.16 Å². The lowest BCUT2D eigenvalue weighted by Gasteiger charge is -2.44. The average molecular weight is 323 g/mol. The number of piperazine rings is 1. The van der Waals surface area contributed by atoms with Crippen LogP contribution in [0.25, 0.3) is 0 Å². The zero-order valence-corrected chi connectivity index (χ0v) is 14.9. The molecule has 0 aliphatic carbocycles. The smallest absolute Gasteiger partial charge is 0.230 e. The van der Waals surface area contributed by atoms with Crippen molar-refractivity contribution in [2.75, 3.05) is 40.3 Å². The van der Waals surface area contributed by atoms with Gasteiger partial charge in [-0.3, -0.25) is 9.69 Å². The van der Waals surface area contributed by atoms with Crippen molar-refractivity contribution in [3.63, 3.8) is 0 Å². The molecule has 2 unspecified atom stereocenters. The molecule has 1 aromatic rings. The van der Waals surface area contributed by atoms with E-state index in [9.17, 15) is 4.79 Å². The third kappa shape index (κ3) is 5.00.